The Kier molecular flexibility index (Phi) is 6.67. The second-order valence-corrected chi connectivity index (χ2v) is 8.91. The Labute approximate surface area is 156 Å². The van der Waals surface area contributed by atoms with Gasteiger partial charge in [0.1, 0.15) is 0 Å². The molecule has 0 saturated heterocycles. The highest BCUT2D eigenvalue weighted by molar-refractivity contribution is 7.99. The number of thioether (sulfide) groups is 1. The molecule has 2 aromatic carbocycles. The first-order chi connectivity index (χ1) is 12.3. The average molecular weight is 365 g/mol. The van der Waals surface area contributed by atoms with E-state index in [4.69, 9.17) is 4.98 Å². The van der Waals surface area contributed by atoms with Crippen LogP contribution in [0.3, 0.4) is 0 Å². The Morgan fingerprint density at radius 1 is 0.840 bits per heavy atom. The lowest BCUT2D eigenvalue weighted by molar-refractivity contribution is 0.777. The molecule has 25 heavy (non-hydrogen) atoms. The van der Waals surface area contributed by atoms with Crippen molar-refractivity contribution in [3.8, 4) is 0 Å². The summed E-state index contributed by atoms with van der Waals surface area (Å²) in [6.07, 6.45) is 5.60. The molecule has 0 fully saturated rings. The minimum Gasteiger partial charge on any atom is -0.251 e. The third kappa shape index (κ3) is 4.51. The quantitative estimate of drug-likeness (QED) is 0.436. The number of benzene rings is 2. The normalized spacial score (nSPS) is 11.0. The monoisotopic (exact) mass is 365 g/mol. The molecule has 0 aliphatic rings. The Hall–Kier alpha value is -1.63. The molecule has 0 aliphatic carbocycles. The number of rotatable bonds is 7. The summed E-state index contributed by atoms with van der Waals surface area (Å²) in [5, 5.41) is 2.72. The summed E-state index contributed by atoms with van der Waals surface area (Å²) in [7, 11) is -0.636. The number of hydrogen-bond donors (Lipinski definition) is 0. The fraction of sp³-hybridized carbons (Fsp3) is 0.227. The van der Waals surface area contributed by atoms with Crippen LogP contribution in [0.1, 0.15) is 25.5 Å². The fourth-order valence-corrected chi connectivity index (χ4v) is 6.07. The van der Waals surface area contributed by atoms with Crippen LogP contribution in [0.15, 0.2) is 77.7 Å². The second-order valence-electron chi connectivity index (χ2n) is 5.94. The molecule has 0 amide bonds. The topological polar surface area (TPSA) is 12.9 Å². The van der Waals surface area contributed by atoms with Gasteiger partial charge in [0.05, 0.1) is 5.44 Å². The number of aryl methyl sites for hydroxylation is 1. The minimum atomic E-state index is -0.636. The average Bonchev–Trinajstić information content (AvgIpc) is 2.68. The van der Waals surface area contributed by atoms with E-state index in [0.717, 1.165) is 6.42 Å². The molecule has 0 radical (unpaired) electrons. The first-order valence-corrected chi connectivity index (χ1v) is 11.3. The van der Waals surface area contributed by atoms with Crippen molar-refractivity contribution < 1.29 is 0 Å². The molecule has 0 bridgehead atoms. The summed E-state index contributed by atoms with van der Waals surface area (Å²) in [4.78, 5) is 6.43. The lowest BCUT2D eigenvalue weighted by atomic mass is 10.2. The van der Waals surface area contributed by atoms with Crippen molar-refractivity contribution in [1.82, 2.24) is 4.98 Å². The molecule has 0 spiro atoms. The summed E-state index contributed by atoms with van der Waals surface area (Å²) < 4.78 is 0. The summed E-state index contributed by atoms with van der Waals surface area (Å²) in [6, 6.07) is 26.1. The van der Waals surface area contributed by atoms with Crippen LogP contribution in [0.4, 0.5) is 0 Å². The lowest BCUT2D eigenvalue weighted by Crippen LogP contribution is -2.25. The smallest absolute Gasteiger partial charge is 0.0858 e. The van der Waals surface area contributed by atoms with E-state index in [-0.39, 0.29) is 0 Å². The summed E-state index contributed by atoms with van der Waals surface area (Å²) in [5.74, 6) is 0. The molecular formula is C22H24NPS. The van der Waals surface area contributed by atoms with Crippen LogP contribution in [0, 0.1) is 0 Å². The van der Waals surface area contributed by atoms with Gasteiger partial charge in [-0.05, 0) is 41.8 Å². The van der Waals surface area contributed by atoms with Crippen molar-refractivity contribution in [1.29, 1.82) is 0 Å². The maximum absolute atomic E-state index is 5.14. The molecule has 1 heterocycles. The Morgan fingerprint density at radius 2 is 1.44 bits per heavy atom. The molecule has 1 aromatic heterocycles. The fourth-order valence-electron chi connectivity index (χ4n) is 2.84. The van der Waals surface area contributed by atoms with E-state index < -0.39 is 7.92 Å². The lowest BCUT2D eigenvalue weighted by Gasteiger charge is -2.21. The van der Waals surface area contributed by atoms with E-state index in [9.17, 15) is 0 Å². The molecule has 1 nitrogen and oxygen atoms in total. The van der Waals surface area contributed by atoms with Gasteiger partial charge in [-0.25, -0.2) is 0 Å². The molecular weight excluding hydrogens is 341 g/mol. The predicted molar refractivity (Wildman–Crippen MR) is 113 cm³/mol. The van der Waals surface area contributed by atoms with Gasteiger partial charge in [-0.1, -0.05) is 74.0 Å². The van der Waals surface area contributed by atoms with Gasteiger partial charge in [-0.15, -0.1) is 11.8 Å². The highest BCUT2D eigenvalue weighted by Gasteiger charge is 2.21. The van der Waals surface area contributed by atoms with Crippen LogP contribution in [-0.2, 0) is 6.42 Å². The third-order valence-electron chi connectivity index (χ3n) is 4.14. The van der Waals surface area contributed by atoms with Gasteiger partial charge in [0.2, 0.25) is 0 Å². The third-order valence-corrected chi connectivity index (χ3v) is 7.46. The first kappa shape index (κ1) is 18.2. The molecule has 0 unspecified atom stereocenters. The molecule has 3 heteroatoms. The highest BCUT2D eigenvalue weighted by atomic mass is 32.2. The predicted octanol–water partition coefficient (Wildman–Crippen LogP) is 4.90. The van der Waals surface area contributed by atoms with Gasteiger partial charge in [-0.2, -0.15) is 0 Å². The van der Waals surface area contributed by atoms with Gasteiger partial charge >= 0.3 is 0 Å². The van der Waals surface area contributed by atoms with Crippen molar-refractivity contribution in [2.45, 2.75) is 31.1 Å². The molecule has 3 aromatic rings. The maximum atomic E-state index is 5.14. The summed E-state index contributed by atoms with van der Waals surface area (Å²) >= 11 is 1.80. The summed E-state index contributed by atoms with van der Waals surface area (Å²) in [5.41, 5.74) is 2.46. The van der Waals surface area contributed by atoms with Gasteiger partial charge in [-0.3, -0.25) is 4.98 Å². The Bertz CT molecular complexity index is 750. The SMILES string of the molecule is CCCCc1ccc(SC)c(P(c2ccccc2)c2ccccc2)n1. The summed E-state index contributed by atoms with van der Waals surface area (Å²) in [6.45, 7) is 2.23. The maximum Gasteiger partial charge on any atom is 0.0858 e. The van der Waals surface area contributed by atoms with Crippen LogP contribution in [-0.4, -0.2) is 11.2 Å². The van der Waals surface area contributed by atoms with Crippen LogP contribution in [0.5, 0.6) is 0 Å². The Morgan fingerprint density at radius 3 is 1.96 bits per heavy atom. The number of unbranched alkanes of at least 4 members (excludes halogenated alkanes) is 1. The van der Waals surface area contributed by atoms with E-state index in [0.29, 0.717) is 0 Å². The standard InChI is InChI=1S/C22H24NPS/c1-3-4-11-18-16-17-21(25-2)22(23-18)24(19-12-7-5-8-13-19)20-14-9-6-10-15-20/h5-10,12-17H,3-4,11H2,1-2H3. The minimum absolute atomic E-state index is 0.636. The van der Waals surface area contributed by atoms with Gasteiger partial charge < -0.3 is 0 Å². The number of aromatic nitrogens is 1. The van der Waals surface area contributed by atoms with Gasteiger partial charge in [0.25, 0.3) is 0 Å². The number of pyridine rings is 1. The number of nitrogens with zero attached hydrogens (tertiary/aromatic N) is 1. The van der Waals surface area contributed by atoms with Crippen LogP contribution in [0.25, 0.3) is 0 Å². The van der Waals surface area contributed by atoms with E-state index in [1.807, 2.05) is 0 Å². The second kappa shape index (κ2) is 9.17. The molecule has 128 valence electrons. The van der Waals surface area contributed by atoms with Crippen molar-refractivity contribution >= 4 is 35.7 Å². The molecule has 0 saturated carbocycles. The van der Waals surface area contributed by atoms with E-state index in [1.165, 1.54) is 39.5 Å². The number of hydrogen-bond acceptors (Lipinski definition) is 2. The van der Waals surface area contributed by atoms with Crippen LogP contribution >= 0.6 is 19.7 Å². The van der Waals surface area contributed by atoms with E-state index in [1.54, 1.807) is 11.8 Å². The molecule has 3 rings (SSSR count). The molecule has 0 atom stereocenters. The zero-order valence-corrected chi connectivity index (χ0v) is 16.6. The van der Waals surface area contributed by atoms with Crippen molar-refractivity contribution in [3.63, 3.8) is 0 Å². The zero-order valence-electron chi connectivity index (χ0n) is 14.9. The van der Waals surface area contributed by atoms with Gasteiger partial charge in [0.15, 0.2) is 0 Å². The van der Waals surface area contributed by atoms with E-state index in [2.05, 4.69) is 86.0 Å². The van der Waals surface area contributed by atoms with Crippen molar-refractivity contribution in [2.75, 3.05) is 6.26 Å². The van der Waals surface area contributed by atoms with Gasteiger partial charge in [0, 0.05) is 18.5 Å². The van der Waals surface area contributed by atoms with Crippen LogP contribution in [0.2, 0.25) is 0 Å². The van der Waals surface area contributed by atoms with E-state index >= 15 is 0 Å². The zero-order chi connectivity index (χ0) is 17.5. The Balaban J connectivity index is 2.12. The first-order valence-electron chi connectivity index (χ1n) is 8.77. The molecule has 0 N–H and O–H groups in total. The van der Waals surface area contributed by atoms with Crippen molar-refractivity contribution in [2.24, 2.45) is 0 Å². The molecule has 0 aliphatic heterocycles. The largest absolute Gasteiger partial charge is 0.251 e. The van der Waals surface area contributed by atoms with Crippen molar-refractivity contribution in [3.05, 3.63) is 78.5 Å². The van der Waals surface area contributed by atoms with Crippen LogP contribution < -0.4 is 16.0 Å². The highest BCUT2D eigenvalue weighted by Crippen LogP contribution is 2.35.